The average Bonchev–Trinajstić information content (AvgIpc) is 3.08. The Kier molecular flexibility index (Phi) is 3.27. The van der Waals surface area contributed by atoms with Crippen molar-refractivity contribution in [3.8, 4) is 10.6 Å². The first-order valence-corrected chi connectivity index (χ1v) is 6.97. The zero-order valence-corrected chi connectivity index (χ0v) is 11.1. The molecular formula is C13H14N4OS. The van der Waals surface area contributed by atoms with Gasteiger partial charge >= 0.3 is 0 Å². The van der Waals surface area contributed by atoms with Gasteiger partial charge in [0.2, 0.25) is 0 Å². The van der Waals surface area contributed by atoms with Crippen LogP contribution in [-0.4, -0.2) is 39.9 Å². The molecular weight excluding hydrogens is 260 g/mol. The zero-order valence-electron chi connectivity index (χ0n) is 10.3. The summed E-state index contributed by atoms with van der Waals surface area (Å²) in [4.78, 5) is 23.0. The van der Waals surface area contributed by atoms with Gasteiger partial charge in [0.25, 0.3) is 5.91 Å². The van der Waals surface area contributed by atoms with E-state index < -0.39 is 0 Å². The fourth-order valence-corrected chi connectivity index (χ4v) is 3.02. The second kappa shape index (κ2) is 5.07. The van der Waals surface area contributed by atoms with E-state index in [9.17, 15) is 4.79 Å². The normalized spacial score (nSPS) is 18.8. The van der Waals surface area contributed by atoms with E-state index in [-0.39, 0.29) is 11.9 Å². The van der Waals surface area contributed by atoms with Crippen molar-refractivity contribution in [1.82, 2.24) is 14.9 Å². The van der Waals surface area contributed by atoms with Crippen LogP contribution < -0.4 is 5.73 Å². The fourth-order valence-electron chi connectivity index (χ4n) is 2.13. The number of nitrogens with zero attached hydrogens (tertiary/aromatic N) is 3. The van der Waals surface area contributed by atoms with Crippen molar-refractivity contribution in [3.05, 3.63) is 35.6 Å². The first-order chi connectivity index (χ1) is 9.24. The predicted octanol–water partition coefficient (Wildman–Crippen LogP) is 1.38. The third kappa shape index (κ3) is 2.50. The van der Waals surface area contributed by atoms with Crippen molar-refractivity contribution in [1.29, 1.82) is 0 Å². The van der Waals surface area contributed by atoms with Crippen LogP contribution in [0.4, 0.5) is 0 Å². The summed E-state index contributed by atoms with van der Waals surface area (Å²) < 4.78 is 0. The highest BCUT2D eigenvalue weighted by atomic mass is 32.1. The first kappa shape index (κ1) is 12.3. The largest absolute Gasteiger partial charge is 0.336 e. The Morgan fingerprint density at radius 1 is 1.42 bits per heavy atom. The molecule has 1 fully saturated rings. The van der Waals surface area contributed by atoms with Crippen molar-refractivity contribution in [2.45, 2.75) is 12.5 Å². The number of carbonyl (C=O) groups is 1. The minimum absolute atomic E-state index is 0.0331. The van der Waals surface area contributed by atoms with Crippen LogP contribution in [0.3, 0.4) is 0 Å². The molecule has 6 heteroatoms. The summed E-state index contributed by atoms with van der Waals surface area (Å²) in [5.74, 6) is 0.0331. The number of thiazole rings is 1. The number of hydrogen-bond donors (Lipinski definition) is 1. The van der Waals surface area contributed by atoms with E-state index >= 15 is 0 Å². The predicted molar refractivity (Wildman–Crippen MR) is 73.8 cm³/mol. The summed E-state index contributed by atoms with van der Waals surface area (Å²) in [6, 6.07) is 3.88. The smallest absolute Gasteiger partial charge is 0.265 e. The lowest BCUT2D eigenvalue weighted by atomic mass is 10.3. The summed E-state index contributed by atoms with van der Waals surface area (Å²) in [5, 5.41) is 0.842. The molecule has 0 aliphatic carbocycles. The molecule has 1 saturated heterocycles. The summed E-state index contributed by atoms with van der Waals surface area (Å²) in [6.45, 7) is 1.38. The molecule has 19 heavy (non-hydrogen) atoms. The molecule has 1 aliphatic rings. The van der Waals surface area contributed by atoms with E-state index in [1.54, 1.807) is 23.5 Å². The van der Waals surface area contributed by atoms with Gasteiger partial charge in [-0.25, -0.2) is 4.98 Å². The summed E-state index contributed by atoms with van der Waals surface area (Å²) >= 11 is 1.41. The van der Waals surface area contributed by atoms with Crippen LogP contribution in [-0.2, 0) is 0 Å². The molecule has 0 radical (unpaired) electrons. The van der Waals surface area contributed by atoms with Crippen molar-refractivity contribution in [2.75, 3.05) is 13.1 Å². The average molecular weight is 274 g/mol. The van der Waals surface area contributed by atoms with E-state index in [4.69, 9.17) is 5.73 Å². The molecule has 0 bridgehead atoms. The van der Waals surface area contributed by atoms with Crippen LogP contribution in [0.1, 0.15) is 16.1 Å². The van der Waals surface area contributed by atoms with Crippen molar-refractivity contribution in [3.63, 3.8) is 0 Å². The second-order valence-electron chi connectivity index (χ2n) is 4.57. The maximum absolute atomic E-state index is 12.3. The molecule has 1 aliphatic heterocycles. The molecule has 2 aromatic heterocycles. The number of amides is 1. The topological polar surface area (TPSA) is 72.1 Å². The number of nitrogens with two attached hydrogens (primary N) is 1. The van der Waals surface area contributed by atoms with Gasteiger partial charge in [0.15, 0.2) is 0 Å². The molecule has 3 heterocycles. The highest BCUT2D eigenvalue weighted by Gasteiger charge is 2.25. The maximum Gasteiger partial charge on any atom is 0.265 e. The highest BCUT2D eigenvalue weighted by molar-refractivity contribution is 7.16. The Bertz CT molecular complexity index is 583. The number of hydrogen-bond acceptors (Lipinski definition) is 5. The van der Waals surface area contributed by atoms with Gasteiger partial charge in [-0.15, -0.1) is 11.3 Å². The highest BCUT2D eigenvalue weighted by Crippen LogP contribution is 2.26. The van der Waals surface area contributed by atoms with Gasteiger partial charge < -0.3 is 10.6 Å². The molecule has 5 nitrogen and oxygen atoms in total. The van der Waals surface area contributed by atoms with Crippen molar-refractivity contribution < 1.29 is 4.79 Å². The minimum Gasteiger partial charge on any atom is -0.336 e. The van der Waals surface area contributed by atoms with E-state index in [1.807, 2.05) is 12.1 Å². The zero-order chi connectivity index (χ0) is 13.2. The number of carbonyl (C=O) groups excluding carboxylic acids is 1. The summed E-state index contributed by atoms with van der Waals surface area (Å²) in [7, 11) is 0. The lowest BCUT2D eigenvalue weighted by Crippen LogP contribution is -2.31. The number of likely N-dealkylation sites (tertiary alicyclic amines) is 1. The van der Waals surface area contributed by atoms with Crippen LogP contribution in [0.2, 0.25) is 0 Å². The molecule has 2 aromatic rings. The quantitative estimate of drug-likeness (QED) is 0.898. The monoisotopic (exact) mass is 274 g/mol. The van der Waals surface area contributed by atoms with E-state index in [0.29, 0.717) is 11.4 Å². The molecule has 0 unspecified atom stereocenters. The Balaban J connectivity index is 1.80. The number of pyridine rings is 1. The van der Waals surface area contributed by atoms with E-state index in [0.717, 1.165) is 23.5 Å². The number of aromatic nitrogens is 2. The Labute approximate surface area is 115 Å². The molecule has 3 rings (SSSR count). The van der Waals surface area contributed by atoms with Crippen LogP contribution >= 0.6 is 11.3 Å². The third-order valence-electron chi connectivity index (χ3n) is 3.16. The molecule has 98 valence electrons. The third-order valence-corrected chi connectivity index (χ3v) is 4.19. The summed E-state index contributed by atoms with van der Waals surface area (Å²) in [6.07, 6.45) is 5.96. The fraction of sp³-hybridized carbons (Fsp3) is 0.308. The van der Waals surface area contributed by atoms with Gasteiger partial charge in [-0.2, -0.15) is 0 Å². The van der Waals surface area contributed by atoms with E-state index in [1.165, 1.54) is 11.3 Å². The van der Waals surface area contributed by atoms with Crippen molar-refractivity contribution >= 4 is 17.2 Å². The first-order valence-electron chi connectivity index (χ1n) is 6.15. The Hall–Kier alpha value is -1.79. The summed E-state index contributed by atoms with van der Waals surface area (Å²) in [5.41, 5.74) is 6.81. The van der Waals surface area contributed by atoms with Crippen LogP contribution in [0.15, 0.2) is 30.7 Å². The number of rotatable bonds is 2. The molecule has 0 aromatic carbocycles. The van der Waals surface area contributed by atoms with Crippen LogP contribution in [0.25, 0.3) is 10.6 Å². The molecule has 0 spiro atoms. The Morgan fingerprint density at radius 2 is 2.21 bits per heavy atom. The van der Waals surface area contributed by atoms with Gasteiger partial charge in [0.05, 0.1) is 6.20 Å². The molecule has 1 atom stereocenters. The SMILES string of the molecule is N[C@@H]1CCN(C(=O)c2cnc(-c3ccncc3)s2)C1. The lowest BCUT2D eigenvalue weighted by Gasteiger charge is -2.13. The van der Waals surface area contributed by atoms with Gasteiger partial charge in [0.1, 0.15) is 9.88 Å². The lowest BCUT2D eigenvalue weighted by molar-refractivity contribution is 0.0795. The second-order valence-corrected chi connectivity index (χ2v) is 5.60. The van der Waals surface area contributed by atoms with Crippen LogP contribution in [0, 0.1) is 0 Å². The van der Waals surface area contributed by atoms with Gasteiger partial charge in [-0.1, -0.05) is 0 Å². The molecule has 0 saturated carbocycles. The molecule has 1 amide bonds. The van der Waals surface area contributed by atoms with Crippen molar-refractivity contribution in [2.24, 2.45) is 5.73 Å². The van der Waals surface area contributed by atoms with Gasteiger partial charge in [0, 0.05) is 37.1 Å². The standard InChI is InChI=1S/C13H14N4OS/c14-10-3-6-17(8-10)13(18)11-7-16-12(19-11)9-1-4-15-5-2-9/h1-2,4-5,7,10H,3,6,8,14H2/t10-/m1/s1. The Morgan fingerprint density at radius 3 is 2.89 bits per heavy atom. The molecule has 2 N–H and O–H groups in total. The maximum atomic E-state index is 12.3. The van der Waals surface area contributed by atoms with E-state index in [2.05, 4.69) is 9.97 Å². The van der Waals surface area contributed by atoms with Gasteiger partial charge in [-0.05, 0) is 18.6 Å². The van der Waals surface area contributed by atoms with Gasteiger partial charge in [-0.3, -0.25) is 9.78 Å². The van der Waals surface area contributed by atoms with Crippen LogP contribution in [0.5, 0.6) is 0 Å². The minimum atomic E-state index is 0.0331.